The predicted octanol–water partition coefficient (Wildman–Crippen LogP) is 0.865. The van der Waals surface area contributed by atoms with E-state index in [1.807, 2.05) is 0 Å². The first-order valence-corrected chi connectivity index (χ1v) is 9.33. The molecule has 152 valence electrons. The van der Waals surface area contributed by atoms with E-state index in [4.69, 9.17) is 4.74 Å². The van der Waals surface area contributed by atoms with Crippen LogP contribution in [-0.4, -0.2) is 55.5 Å². The summed E-state index contributed by atoms with van der Waals surface area (Å²) in [7, 11) is -3.68. The molecular formula is C14H15F4NO7S. The average Bonchev–Trinajstić information content (AvgIpc) is 3.18. The van der Waals surface area contributed by atoms with Gasteiger partial charge in [0.05, 0.1) is 17.8 Å². The highest BCUT2D eigenvalue weighted by atomic mass is 32.2. The lowest BCUT2D eigenvalue weighted by Gasteiger charge is -2.34. The Hall–Kier alpha value is -1.76. The SMILES string of the molecule is COC(=O)C1(C)CC2CC1CC2S(=O)(=O)ON1C(=O)C(F)(F)C(F)(F)C1=O. The van der Waals surface area contributed by atoms with Gasteiger partial charge in [0.15, 0.2) is 0 Å². The van der Waals surface area contributed by atoms with Gasteiger partial charge in [-0.15, -0.1) is 9.35 Å². The molecule has 3 aliphatic rings. The number of amides is 2. The summed E-state index contributed by atoms with van der Waals surface area (Å²) in [5.74, 6) is -17.9. The minimum atomic E-state index is -5.41. The number of esters is 1. The van der Waals surface area contributed by atoms with Crippen LogP contribution in [0.25, 0.3) is 0 Å². The second kappa shape index (κ2) is 5.63. The number of nitrogens with zero attached hydrogens (tertiary/aromatic N) is 1. The average molecular weight is 417 g/mol. The van der Waals surface area contributed by atoms with E-state index in [9.17, 15) is 40.4 Å². The van der Waals surface area contributed by atoms with Gasteiger partial charge in [-0.1, -0.05) is 0 Å². The first-order valence-electron chi connectivity index (χ1n) is 7.86. The molecule has 4 atom stereocenters. The van der Waals surface area contributed by atoms with Crippen LogP contribution in [0.1, 0.15) is 26.2 Å². The molecule has 2 aliphatic carbocycles. The third-order valence-corrected chi connectivity index (χ3v) is 7.39. The first-order chi connectivity index (χ1) is 12.2. The molecule has 27 heavy (non-hydrogen) atoms. The van der Waals surface area contributed by atoms with Crippen molar-refractivity contribution in [2.45, 2.75) is 43.3 Å². The Morgan fingerprint density at radius 3 is 2.04 bits per heavy atom. The number of methoxy groups -OCH3 is 1. The van der Waals surface area contributed by atoms with Crippen LogP contribution in [-0.2, 0) is 33.5 Å². The van der Waals surface area contributed by atoms with Crippen LogP contribution in [0.4, 0.5) is 17.6 Å². The Morgan fingerprint density at radius 1 is 1.11 bits per heavy atom. The van der Waals surface area contributed by atoms with Crippen molar-refractivity contribution in [1.82, 2.24) is 5.06 Å². The fourth-order valence-electron chi connectivity index (χ4n) is 4.21. The normalized spacial score (nSPS) is 37.1. The quantitative estimate of drug-likeness (QED) is 0.379. The lowest BCUT2D eigenvalue weighted by Crippen LogP contribution is -2.43. The van der Waals surface area contributed by atoms with Gasteiger partial charge in [0.2, 0.25) is 0 Å². The minimum Gasteiger partial charge on any atom is -0.469 e. The Morgan fingerprint density at radius 2 is 1.63 bits per heavy atom. The molecule has 0 N–H and O–H groups in total. The maximum Gasteiger partial charge on any atom is 0.398 e. The van der Waals surface area contributed by atoms with Crippen LogP contribution in [0, 0.1) is 17.3 Å². The van der Waals surface area contributed by atoms with Crippen molar-refractivity contribution in [3.05, 3.63) is 0 Å². The fourth-order valence-corrected chi connectivity index (χ4v) is 5.81. The summed E-state index contributed by atoms with van der Waals surface area (Å²) in [4.78, 5) is 34.6. The van der Waals surface area contributed by atoms with Crippen LogP contribution in [0.15, 0.2) is 0 Å². The summed E-state index contributed by atoms with van der Waals surface area (Å²) in [6, 6.07) is 0. The van der Waals surface area contributed by atoms with Crippen molar-refractivity contribution in [3.63, 3.8) is 0 Å². The van der Waals surface area contributed by atoms with Crippen molar-refractivity contribution in [1.29, 1.82) is 0 Å². The van der Waals surface area contributed by atoms with Crippen molar-refractivity contribution in [3.8, 4) is 0 Å². The lowest BCUT2D eigenvalue weighted by molar-refractivity contribution is -0.192. The summed E-state index contributed by atoms with van der Waals surface area (Å²) >= 11 is 0. The highest BCUT2D eigenvalue weighted by Crippen LogP contribution is 2.58. The van der Waals surface area contributed by atoms with Gasteiger partial charge in [-0.25, -0.2) is 0 Å². The number of rotatable bonds is 4. The second-order valence-electron chi connectivity index (χ2n) is 7.20. The predicted molar refractivity (Wildman–Crippen MR) is 76.5 cm³/mol. The summed E-state index contributed by atoms with van der Waals surface area (Å²) in [5, 5.41) is -2.41. The molecule has 4 unspecified atom stereocenters. The zero-order chi connectivity index (χ0) is 20.6. The van der Waals surface area contributed by atoms with Crippen molar-refractivity contribution < 1.29 is 49.4 Å². The number of hydrogen-bond acceptors (Lipinski definition) is 7. The molecule has 13 heteroatoms. The van der Waals surface area contributed by atoms with E-state index in [1.54, 1.807) is 6.92 Å². The van der Waals surface area contributed by atoms with Crippen LogP contribution in [0.5, 0.6) is 0 Å². The van der Waals surface area contributed by atoms with Crippen molar-refractivity contribution >= 4 is 27.9 Å². The maximum absolute atomic E-state index is 13.3. The molecule has 1 aliphatic heterocycles. The molecule has 0 radical (unpaired) electrons. The molecule has 2 saturated carbocycles. The van der Waals surface area contributed by atoms with E-state index < -0.39 is 67.3 Å². The number of ether oxygens (including phenoxy) is 1. The molecule has 0 spiro atoms. The molecule has 1 saturated heterocycles. The van der Waals surface area contributed by atoms with Crippen molar-refractivity contribution in [2.75, 3.05) is 7.11 Å². The molecule has 8 nitrogen and oxygen atoms in total. The van der Waals surface area contributed by atoms with Gasteiger partial charge in [-0.05, 0) is 38.0 Å². The molecule has 0 aromatic heterocycles. The number of fused-ring (bicyclic) bond motifs is 2. The Kier molecular flexibility index (Phi) is 4.16. The zero-order valence-corrected chi connectivity index (χ0v) is 14.9. The maximum atomic E-state index is 13.3. The van der Waals surface area contributed by atoms with E-state index in [0.717, 1.165) is 0 Å². The van der Waals surface area contributed by atoms with E-state index >= 15 is 0 Å². The highest BCUT2D eigenvalue weighted by Gasteiger charge is 2.77. The van der Waals surface area contributed by atoms with E-state index in [1.165, 1.54) is 7.11 Å². The minimum absolute atomic E-state index is 0.0891. The van der Waals surface area contributed by atoms with E-state index in [-0.39, 0.29) is 19.3 Å². The van der Waals surface area contributed by atoms with Gasteiger partial charge in [-0.2, -0.15) is 26.0 Å². The third-order valence-electron chi connectivity index (χ3n) is 5.72. The van der Waals surface area contributed by atoms with Crippen molar-refractivity contribution in [2.24, 2.45) is 17.3 Å². The zero-order valence-electron chi connectivity index (χ0n) is 14.1. The molecule has 0 aromatic carbocycles. The molecule has 2 bridgehead atoms. The molecule has 3 fully saturated rings. The van der Waals surface area contributed by atoms with Gasteiger partial charge in [0.1, 0.15) is 0 Å². The van der Waals surface area contributed by atoms with Crippen LogP contribution < -0.4 is 0 Å². The molecule has 3 rings (SSSR count). The number of imide groups is 1. The van der Waals surface area contributed by atoms with Crippen LogP contribution >= 0.6 is 0 Å². The summed E-state index contributed by atoms with van der Waals surface area (Å²) < 4.78 is 86.6. The molecule has 0 aromatic rings. The highest BCUT2D eigenvalue weighted by molar-refractivity contribution is 7.87. The monoisotopic (exact) mass is 417 g/mol. The Bertz CT molecular complexity index is 803. The smallest absolute Gasteiger partial charge is 0.398 e. The number of hydrogen-bond donors (Lipinski definition) is 0. The van der Waals surface area contributed by atoms with Gasteiger partial charge in [0, 0.05) is 0 Å². The van der Waals surface area contributed by atoms with Gasteiger partial charge in [0.25, 0.3) is 10.1 Å². The number of carbonyl (C=O) groups excluding carboxylic acids is 3. The number of alkyl halides is 4. The Labute approximate surface area is 150 Å². The Balaban J connectivity index is 1.80. The lowest BCUT2D eigenvalue weighted by atomic mass is 9.75. The first kappa shape index (κ1) is 20.0. The molecule has 1 heterocycles. The summed E-state index contributed by atoms with van der Waals surface area (Å²) in [6.07, 6.45) is 0.250. The van der Waals surface area contributed by atoms with Gasteiger partial charge < -0.3 is 4.74 Å². The molecule has 2 amide bonds. The topological polar surface area (TPSA) is 107 Å². The van der Waals surface area contributed by atoms with Gasteiger partial charge in [-0.3, -0.25) is 14.4 Å². The summed E-state index contributed by atoms with van der Waals surface area (Å²) in [6.45, 7) is 1.60. The van der Waals surface area contributed by atoms with Crippen LogP contribution in [0.2, 0.25) is 0 Å². The number of hydroxylamine groups is 2. The number of carbonyl (C=O) groups is 3. The second-order valence-corrected chi connectivity index (χ2v) is 8.94. The fraction of sp³-hybridized carbons (Fsp3) is 0.786. The van der Waals surface area contributed by atoms with Crippen LogP contribution in [0.3, 0.4) is 0 Å². The number of halogens is 4. The standard InChI is InChI=1S/C14H15F4NO7S/c1-12(11(22)25-2)5-6-3-7(12)4-8(6)27(23,24)26-19-9(20)13(15,16)14(17,18)10(19)21/h6-8H,3-5H2,1-2H3. The van der Waals surface area contributed by atoms with E-state index in [0.29, 0.717) is 0 Å². The van der Waals surface area contributed by atoms with Gasteiger partial charge >= 0.3 is 29.6 Å². The molecular weight excluding hydrogens is 402 g/mol. The third kappa shape index (κ3) is 2.50. The van der Waals surface area contributed by atoms with E-state index in [2.05, 4.69) is 4.28 Å². The summed E-state index contributed by atoms with van der Waals surface area (Å²) in [5.41, 5.74) is -0.940. The largest absolute Gasteiger partial charge is 0.469 e.